The third-order valence-corrected chi connectivity index (χ3v) is 4.07. The van der Waals surface area contributed by atoms with Crippen LogP contribution in [0.4, 0.5) is 5.82 Å². The Labute approximate surface area is 133 Å². The van der Waals surface area contributed by atoms with E-state index < -0.39 is 0 Å². The first-order valence-electron chi connectivity index (χ1n) is 7.68. The standard InChI is InChI=1S/C16H17N7/c1-11-7-15(21-10-20-11)23-6-2-3-14(23)12-8-17-9-13(22-12)16-18-4-5-19-16/h4-5,7-10,14H,2-3,6H2,1H3,(H,18,19). The Morgan fingerprint density at radius 2 is 2.17 bits per heavy atom. The highest BCUT2D eigenvalue weighted by Crippen LogP contribution is 2.34. The fourth-order valence-corrected chi connectivity index (χ4v) is 3.01. The molecular weight excluding hydrogens is 290 g/mol. The molecule has 1 saturated heterocycles. The number of imidazole rings is 1. The molecule has 1 aliphatic heterocycles. The lowest BCUT2D eigenvalue weighted by Gasteiger charge is -2.25. The summed E-state index contributed by atoms with van der Waals surface area (Å²) in [5.41, 5.74) is 2.68. The van der Waals surface area contributed by atoms with E-state index in [9.17, 15) is 0 Å². The van der Waals surface area contributed by atoms with Crippen molar-refractivity contribution in [2.75, 3.05) is 11.4 Å². The number of aromatic nitrogens is 6. The van der Waals surface area contributed by atoms with Gasteiger partial charge in [0.25, 0.3) is 0 Å². The molecule has 116 valence electrons. The molecule has 4 heterocycles. The molecule has 1 atom stereocenters. The van der Waals surface area contributed by atoms with Gasteiger partial charge in [-0.05, 0) is 19.8 Å². The van der Waals surface area contributed by atoms with E-state index in [0.717, 1.165) is 48.1 Å². The van der Waals surface area contributed by atoms with Gasteiger partial charge in [-0.15, -0.1) is 0 Å². The van der Waals surface area contributed by atoms with Crippen LogP contribution in [0.25, 0.3) is 11.5 Å². The van der Waals surface area contributed by atoms with Crippen molar-refractivity contribution >= 4 is 5.82 Å². The topological polar surface area (TPSA) is 83.5 Å². The van der Waals surface area contributed by atoms with Crippen LogP contribution >= 0.6 is 0 Å². The van der Waals surface area contributed by atoms with Crippen LogP contribution in [-0.2, 0) is 0 Å². The number of anilines is 1. The third-order valence-electron chi connectivity index (χ3n) is 4.07. The largest absolute Gasteiger partial charge is 0.348 e. The van der Waals surface area contributed by atoms with Crippen LogP contribution in [-0.4, -0.2) is 36.4 Å². The summed E-state index contributed by atoms with van der Waals surface area (Å²) in [5, 5.41) is 0. The molecule has 3 aromatic heterocycles. The van der Waals surface area contributed by atoms with E-state index in [0.29, 0.717) is 0 Å². The molecule has 3 aromatic rings. The van der Waals surface area contributed by atoms with Gasteiger partial charge in [0, 0.05) is 30.7 Å². The molecule has 0 amide bonds. The van der Waals surface area contributed by atoms with Gasteiger partial charge in [-0.3, -0.25) is 4.98 Å². The number of rotatable bonds is 3. The van der Waals surface area contributed by atoms with Crippen molar-refractivity contribution < 1.29 is 0 Å². The van der Waals surface area contributed by atoms with Crippen LogP contribution in [0, 0.1) is 6.92 Å². The van der Waals surface area contributed by atoms with Crippen LogP contribution in [0.3, 0.4) is 0 Å². The van der Waals surface area contributed by atoms with Gasteiger partial charge in [0.05, 0.1) is 24.1 Å². The highest BCUT2D eigenvalue weighted by atomic mass is 15.2. The molecule has 0 radical (unpaired) electrons. The second-order valence-electron chi connectivity index (χ2n) is 5.64. The minimum atomic E-state index is 0.187. The Bertz CT molecular complexity index is 800. The van der Waals surface area contributed by atoms with E-state index in [1.54, 1.807) is 24.9 Å². The summed E-state index contributed by atoms with van der Waals surface area (Å²) in [6.07, 6.45) is 10.8. The quantitative estimate of drug-likeness (QED) is 0.799. The zero-order valence-corrected chi connectivity index (χ0v) is 12.8. The van der Waals surface area contributed by atoms with Crippen molar-refractivity contribution in [3.05, 3.63) is 48.6 Å². The Kier molecular flexibility index (Phi) is 3.45. The molecule has 1 aliphatic rings. The molecule has 23 heavy (non-hydrogen) atoms. The molecule has 4 rings (SSSR count). The van der Waals surface area contributed by atoms with Crippen molar-refractivity contribution in [2.24, 2.45) is 0 Å². The van der Waals surface area contributed by atoms with Crippen LogP contribution in [0.2, 0.25) is 0 Å². The van der Waals surface area contributed by atoms with Crippen LogP contribution in [0.1, 0.15) is 30.3 Å². The first-order chi connectivity index (χ1) is 11.3. The average Bonchev–Trinajstić information content (AvgIpc) is 3.27. The highest BCUT2D eigenvalue weighted by molar-refractivity contribution is 5.48. The van der Waals surface area contributed by atoms with Crippen molar-refractivity contribution in [2.45, 2.75) is 25.8 Å². The van der Waals surface area contributed by atoms with Crippen LogP contribution in [0.5, 0.6) is 0 Å². The smallest absolute Gasteiger partial charge is 0.157 e. The van der Waals surface area contributed by atoms with Gasteiger partial charge < -0.3 is 9.88 Å². The van der Waals surface area contributed by atoms with Gasteiger partial charge in [-0.25, -0.2) is 19.9 Å². The summed E-state index contributed by atoms with van der Waals surface area (Å²) in [6.45, 7) is 2.95. The fourth-order valence-electron chi connectivity index (χ4n) is 3.01. The summed E-state index contributed by atoms with van der Waals surface area (Å²) in [5.74, 6) is 1.69. The summed E-state index contributed by atoms with van der Waals surface area (Å²) in [7, 11) is 0. The third kappa shape index (κ3) is 2.65. The van der Waals surface area contributed by atoms with Crippen molar-refractivity contribution in [3.63, 3.8) is 0 Å². The van der Waals surface area contributed by atoms with Crippen molar-refractivity contribution in [1.82, 2.24) is 29.9 Å². The van der Waals surface area contributed by atoms with Gasteiger partial charge in [0.15, 0.2) is 5.82 Å². The van der Waals surface area contributed by atoms with Gasteiger partial charge in [0.1, 0.15) is 17.8 Å². The minimum absolute atomic E-state index is 0.187. The van der Waals surface area contributed by atoms with Crippen molar-refractivity contribution in [1.29, 1.82) is 0 Å². The normalized spacial score (nSPS) is 17.6. The molecule has 0 aliphatic carbocycles. The maximum absolute atomic E-state index is 4.75. The molecule has 1 unspecified atom stereocenters. The number of hydrogen-bond acceptors (Lipinski definition) is 6. The Balaban J connectivity index is 1.68. The van der Waals surface area contributed by atoms with E-state index in [1.807, 2.05) is 19.2 Å². The molecule has 1 fully saturated rings. The number of hydrogen-bond donors (Lipinski definition) is 1. The van der Waals surface area contributed by atoms with E-state index in [-0.39, 0.29) is 6.04 Å². The predicted octanol–water partition coefficient (Wildman–Crippen LogP) is 2.31. The monoisotopic (exact) mass is 307 g/mol. The summed E-state index contributed by atoms with van der Waals surface area (Å²) >= 11 is 0. The second-order valence-corrected chi connectivity index (χ2v) is 5.64. The van der Waals surface area contributed by atoms with E-state index >= 15 is 0 Å². The van der Waals surface area contributed by atoms with E-state index in [2.05, 4.69) is 29.8 Å². The Hall–Kier alpha value is -2.83. The first kappa shape index (κ1) is 13.8. The predicted molar refractivity (Wildman–Crippen MR) is 85.7 cm³/mol. The number of H-pyrrole nitrogens is 1. The van der Waals surface area contributed by atoms with Gasteiger partial charge in [0.2, 0.25) is 0 Å². The maximum atomic E-state index is 4.75. The lowest BCUT2D eigenvalue weighted by molar-refractivity contribution is 0.682. The zero-order chi connectivity index (χ0) is 15.6. The van der Waals surface area contributed by atoms with E-state index in [1.165, 1.54) is 0 Å². The van der Waals surface area contributed by atoms with Crippen LogP contribution < -0.4 is 4.90 Å². The number of aryl methyl sites for hydroxylation is 1. The first-order valence-corrected chi connectivity index (χ1v) is 7.68. The molecule has 7 heteroatoms. The molecule has 0 spiro atoms. The summed E-state index contributed by atoms with van der Waals surface area (Å²) in [4.78, 5) is 27.3. The summed E-state index contributed by atoms with van der Waals surface area (Å²) < 4.78 is 0. The molecule has 0 bridgehead atoms. The minimum Gasteiger partial charge on any atom is -0.348 e. The number of nitrogens with zero attached hydrogens (tertiary/aromatic N) is 6. The van der Waals surface area contributed by atoms with Gasteiger partial charge in [-0.1, -0.05) is 0 Å². The summed E-state index contributed by atoms with van der Waals surface area (Å²) in [6, 6.07) is 2.20. The van der Waals surface area contributed by atoms with Gasteiger partial charge >= 0.3 is 0 Å². The van der Waals surface area contributed by atoms with Gasteiger partial charge in [-0.2, -0.15) is 0 Å². The lowest BCUT2D eigenvalue weighted by atomic mass is 10.1. The zero-order valence-electron chi connectivity index (χ0n) is 12.8. The maximum Gasteiger partial charge on any atom is 0.157 e. The van der Waals surface area contributed by atoms with Crippen molar-refractivity contribution in [3.8, 4) is 11.5 Å². The van der Waals surface area contributed by atoms with E-state index in [4.69, 9.17) is 4.98 Å². The van der Waals surface area contributed by atoms with Crippen LogP contribution in [0.15, 0.2) is 37.2 Å². The average molecular weight is 307 g/mol. The second kappa shape index (κ2) is 5.75. The molecule has 1 N–H and O–H groups in total. The molecular formula is C16H17N7. The Morgan fingerprint density at radius 3 is 3.00 bits per heavy atom. The fraction of sp³-hybridized carbons (Fsp3) is 0.312. The highest BCUT2D eigenvalue weighted by Gasteiger charge is 2.29. The Morgan fingerprint density at radius 1 is 1.22 bits per heavy atom. The number of nitrogens with one attached hydrogen (secondary N) is 1. The molecule has 0 saturated carbocycles. The number of aromatic amines is 1. The molecule has 0 aromatic carbocycles. The lowest BCUT2D eigenvalue weighted by Crippen LogP contribution is -2.24. The molecule has 7 nitrogen and oxygen atoms in total. The SMILES string of the molecule is Cc1cc(N2CCCC2c2cncc(-c3ncc[nH]3)n2)ncn1.